The van der Waals surface area contributed by atoms with E-state index in [1.54, 1.807) is 0 Å². The summed E-state index contributed by atoms with van der Waals surface area (Å²) < 4.78 is 32.3. The standard InChI is InChI=1S/C12H18N2O6S/c1-20-7-6-13-21(18,19)14-11(12(16)17)8-9-2-4-10(15)5-3-9/h2-5,11,13-15H,6-8H2,1H3,(H,16,17)/t11-/m1/s1. The van der Waals surface area contributed by atoms with Gasteiger partial charge in [-0.2, -0.15) is 17.9 Å². The average Bonchev–Trinajstić information content (AvgIpc) is 2.40. The van der Waals surface area contributed by atoms with Gasteiger partial charge in [-0.15, -0.1) is 0 Å². The Hall–Kier alpha value is -1.68. The highest BCUT2D eigenvalue weighted by atomic mass is 32.2. The summed E-state index contributed by atoms with van der Waals surface area (Å²) >= 11 is 0. The zero-order chi connectivity index (χ0) is 15.9. The van der Waals surface area contributed by atoms with E-state index in [1.165, 1.54) is 31.4 Å². The lowest BCUT2D eigenvalue weighted by molar-refractivity contribution is -0.138. The molecule has 21 heavy (non-hydrogen) atoms. The number of benzene rings is 1. The van der Waals surface area contributed by atoms with Crippen LogP contribution in [0.4, 0.5) is 0 Å². The fourth-order valence-electron chi connectivity index (χ4n) is 1.55. The van der Waals surface area contributed by atoms with Crippen LogP contribution in [0.1, 0.15) is 5.56 Å². The SMILES string of the molecule is COCCNS(=O)(=O)N[C@H](Cc1ccc(O)cc1)C(=O)O. The molecule has 118 valence electrons. The highest BCUT2D eigenvalue weighted by molar-refractivity contribution is 7.87. The van der Waals surface area contributed by atoms with Crippen molar-refractivity contribution in [3.05, 3.63) is 29.8 Å². The largest absolute Gasteiger partial charge is 0.508 e. The summed E-state index contributed by atoms with van der Waals surface area (Å²) in [6, 6.07) is 4.55. The van der Waals surface area contributed by atoms with Crippen LogP contribution < -0.4 is 9.44 Å². The molecule has 0 fully saturated rings. The molecule has 1 aromatic carbocycles. The number of phenolic OH excluding ortho intramolecular Hbond substituents is 1. The maximum Gasteiger partial charge on any atom is 0.322 e. The van der Waals surface area contributed by atoms with Gasteiger partial charge in [0.2, 0.25) is 0 Å². The van der Waals surface area contributed by atoms with Crippen molar-refractivity contribution in [2.75, 3.05) is 20.3 Å². The summed E-state index contributed by atoms with van der Waals surface area (Å²) in [5.74, 6) is -1.24. The van der Waals surface area contributed by atoms with Crippen molar-refractivity contribution in [3.8, 4) is 5.75 Å². The summed E-state index contributed by atoms with van der Waals surface area (Å²) in [6.45, 7) is 0.216. The lowest BCUT2D eigenvalue weighted by Crippen LogP contribution is -2.48. The summed E-state index contributed by atoms with van der Waals surface area (Å²) in [4.78, 5) is 11.1. The predicted octanol–water partition coefficient (Wildman–Crippen LogP) is -0.542. The second-order valence-electron chi connectivity index (χ2n) is 4.27. The summed E-state index contributed by atoms with van der Waals surface area (Å²) in [5.41, 5.74) is 0.583. The van der Waals surface area contributed by atoms with Crippen LogP contribution in [0.3, 0.4) is 0 Å². The zero-order valence-corrected chi connectivity index (χ0v) is 12.3. The van der Waals surface area contributed by atoms with Gasteiger partial charge in [0.25, 0.3) is 10.2 Å². The van der Waals surface area contributed by atoms with E-state index in [0.29, 0.717) is 5.56 Å². The Labute approximate surface area is 122 Å². The van der Waals surface area contributed by atoms with Crippen LogP contribution in [0.15, 0.2) is 24.3 Å². The molecule has 8 nitrogen and oxygen atoms in total. The maximum absolute atomic E-state index is 11.7. The van der Waals surface area contributed by atoms with Crippen LogP contribution in [0, 0.1) is 0 Å². The van der Waals surface area contributed by atoms with Gasteiger partial charge < -0.3 is 14.9 Å². The zero-order valence-electron chi connectivity index (χ0n) is 11.4. The van der Waals surface area contributed by atoms with Crippen LogP contribution in [0.5, 0.6) is 5.75 Å². The highest BCUT2D eigenvalue weighted by Gasteiger charge is 2.23. The molecule has 9 heteroatoms. The minimum Gasteiger partial charge on any atom is -0.508 e. The van der Waals surface area contributed by atoms with E-state index in [2.05, 4.69) is 9.44 Å². The summed E-state index contributed by atoms with van der Waals surface area (Å²) in [7, 11) is -2.51. The number of rotatable bonds is 9. The molecule has 0 saturated carbocycles. The number of hydrogen-bond donors (Lipinski definition) is 4. The highest BCUT2D eigenvalue weighted by Crippen LogP contribution is 2.11. The second kappa shape index (κ2) is 7.93. The van der Waals surface area contributed by atoms with Gasteiger partial charge in [0.05, 0.1) is 6.61 Å². The molecule has 0 bridgehead atoms. The smallest absolute Gasteiger partial charge is 0.322 e. The topological polar surface area (TPSA) is 125 Å². The third kappa shape index (κ3) is 6.54. The van der Waals surface area contributed by atoms with E-state index in [1.807, 2.05) is 0 Å². The van der Waals surface area contributed by atoms with E-state index >= 15 is 0 Å². The molecule has 1 rings (SSSR count). The van der Waals surface area contributed by atoms with Crippen LogP contribution in [-0.4, -0.2) is 50.9 Å². The average molecular weight is 318 g/mol. The van der Waals surface area contributed by atoms with Gasteiger partial charge >= 0.3 is 5.97 Å². The molecule has 0 aliphatic heterocycles. The van der Waals surface area contributed by atoms with E-state index in [-0.39, 0.29) is 25.3 Å². The van der Waals surface area contributed by atoms with Crippen molar-refractivity contribution in [2.45, 2.75) is 12.5 Å². The quantitative estimate of drug-likeness (QED) is 0.453. The molecular weight excluding hydrogens is 300 g/mol. The van der Waals surface area contributed by atoms with Crippen molar-refractivity contribution in [3.63, 3.8) is 0 Å². The molecule has 0 aliphatic rings. The number of phenols is 1. The van der Waals surface area contributed by atoms with Crippen molar-refractivity contribution in [2.24, 2.45) is 0 Å². The van der Waals surface area contributed by atoms with Crippen molar-refractivity contribution < 1.29 is 28.2 Å². The molecule has 1 atom stereocenters. The number of carbonyl (C=O) groups is 1. The lowest BCUT2D eigenvalue weighted by Gasteiger charge is -2.15. The minimum absolute atomic E-state index is 0.0391. The fourth-order valence-corrected chi connectivity index (χ4v) is 2.55. The number of nitrogens with one attached hydrogen (secondary N) is 2. The number of aliphatic carboxylic acids is 1. The predicted molar refractivity (Wildman–Crippen MR) is 75.2 cm³/mol. The van der Waals surface area contributed by atoms with Gasteiger partial charge in [0.1, 0.15) is 11.8 Å². The van der Waals surface area contributed by atoms with E-state index in [0.717, 1.165) is 0 Å². The van der Waals surface area contributed by atoms with Gasteiger partial charge in [-0.25, -0.2) is 0 Å². The molecule has 0 heterocycles. The number of aromatic hydroxyl groups is 1. The molecule has 0 spiro atoms. The number of hydrogen-bond acceptors (Lipinski definition) is 5. The number of carboxylic acid groups (broad SMARTS) is 1. The van der Waals surface area contributed by atoms with Crippen molar-refractivity contribution in [1.82, 2.24) is 9.44 Å². The third-order valence-corrected chi connectivity index (χ3v) is 3.75. The molecule has 0 amide bonds. The monoisotopic (exact) mass is 318 g/mol. The van der Waals surface area contributed by atoms with Gasteiger partial charge in [-0.05, 0) is 24.1 Å². The molecular formula is C12H18N2O6S. The molecule has 1 aromatic rings. The number of methoxy groups -OCH3 is 1. The Kier molecular flexibility index (Phi) is 6.56. The first-order chi connectivity index (χ1) is 9.84. The van der Waals surface area contributed by atoms with E-state index in [4.69, 9.17) is 14.9 Å². The van der Waals surface area contributed by atoms with E-state index in [9.17, 15) is 13.2 Å². The van der Waals surface area contributed by atoms with Crippen molar-refractivity contribution in [1.29, 1.82) is 0 Å². The third-order valence-electron chi connectivity index (χ3n) is 2.57. The van der Waals surface area contributed by atoms with Gasteiger partial charge in [-0.3, -0.25) is 4.79 Å². The van der Waals surface area contributed by atoms with E-state index < -0.39 is 22.2 Å². The molecule has 0 unspecified atom stereocenters. The van der Waals surface area contributed by atoms with Crippen LogP contribution in [-0.2, 0) is 26.2 Å². The van der Waals surface area contributed by atoms with Gasteiger partial charge in [0, 0.05) is 13.7 Å². The molecule has 0 aliphatic carbocycles. The molecule has 4 N–H and O–H groups in total. The number of carboxylic acids is 1. The first-order valence-electron chi connectivity index (χ1n) is 6.10. The van der Waals surface area contributed by atoms with Crippen LogP contribution >= 0.6 is 0 Å². The van der Waals surface area contributed by atoms with Gasteiger partial charge in [0.15, 0.2) is 0 Å². The Bertz CT molecular complexity index is 558. The van der Waals surface area contributed by atoms with Crippen LogP contribution in [0.2, 0.25) is 0 Å². The molecule has 0 radical (unpaired) electrons. The molecule has 0 saturated heterocycles. The summed E-state index contributed by atoms with van der Waals surface area (Å²) in [5, 5.41) is 18.3. The normalized spacial score (nSPS) is 13.0. The fraction of sp³-hybridized carbons (Fsp3) is 0.417. The maximum atomic E-state index is 11.7. The Morgan fingerprint density at radius 1 is 1.33 bits per heavy atom. The lowest BCUT2D eigenvalue weighted by atomic mass is 10.1. The molecule has 0 aromatic heterocycles. The summed E-state index contributed by atoms with van der Waals surface area (Å²) in [6.07, 6.45) is -0.0409. The van der Waals surface area contributed by atoms with Gasteiger partial charge in [-0.1, -0.05) is 12.1 Å². The van der Waals surface area contributed by atoms with Crippen molar-refractivity contribution >= 4 is 16.2 Å². The number of ether oxygens (including phenoxy) is 1. The second-order valence-corrected chi connectivity index (χ2v) is 5.80. The minimum atomic E-state index is -3.94. The first kappa shape index (κ1) is 17.4. The Morgan fingerprint density at radius 3 is 2.48 bits per heavy atom. The first-order valence-corrected chi connectivity index (χ1v) is 7.59. The Morgan fingerprint density at radius 2 is 1.95 bits per heavy atom. The van der Waals surface area contributed by atoms with Crippen LogP contribution in [0.25, 0.3) is 0 Å². The Balaban J connectivity index is 2.69.